The number of carbonyl (C=O) groups excluding carboxylic acids is 3. The van der Waals surface area contributed by atoms with Crippen LogP contribution in [0.4, 0.5) is 17.1 Å². The Kier molecular flexibility index (Phi) is 5.94. The Labute approximate surface area is 153 Å². The molecule has 2 rings (SSSR count). The molecular weight excluding hydrogens is 354 g/mol. The van der Waals surface area contributed by atoms with Crippen molar-refractivity contribution in [1.82, 2.24) is 0 Å². The summed E-state index contributed by atoms with van der Waals surface area (Å²) in [6.45, 7) is 1.16. The van der Waals surface area contributed by atoms with Gasteiger partial charge in [0.1, 0.15) is 0 Å². The van der Waals surface area contributed by atoms with Gasteiger partial charge >= 0.3 is 0 Å². The number of nitrogens with one attached hydrogen (secondary N) is 2. The van der Waals surface area contributed by atoms with E-state index in [-0.39, 0.29) is 11.4 Å². The fourth-order valence-corrected chi connectivity index (χ4v) is 2.01. The summed E-state index contributed by atoms with van der Waals surface area (Å²) in [6.07, 6.45) is 0. The number of Topliss-reactive ketones (excluding diaryl/α,β-unsaturated/α-hetero) is 1. The first-order valence-electron chi connectivity index (χ1n) is 7.58. The van der Waals surface area contributed by atoms with Crippen molar-refractivity contribution in [2.45, 2.75) is 6.92 Å². The highest BCUT2D eigenvalue weighted by atomic mass is 16.6. The molecule has 2 amide bonds. The Morgan fingerprint density at radius 1 is 1.07 bits per heavy atom. The van der Waals surface area contributed by atoms with Crippen molar-refractivity contribution in [1.29, 1.82) is 0 Å². The molecule has 2 aromatic rings. The number of benzene rings is 2. The number of nitrogens with zero attached hydrogens (tertiary/aromatic N) is 2. The van der Waals surface area contributed by atoms with Gasteiger partial charge in [-0.1, -0.05) is 6.07 Å². The van der Waals surface area contributed by atoms with Gasteiger partial charge in [-0.3, -0.25) is 29.9 Å². The maximum absolute atomic E-state index is 12.3. The minimum atomic E-state index is -0.829. The minimum Gasteiger partial charge on any atom is -0.366 e. The van der Waals surface area contributed by atoms with Gasteiger partial charge in [0.25, 0.3) is 11.6 Å². The number of nitrogens with two attached hydrogens (primary N) is 1. The van der Waals surface area contributed by atoms with Crippen LogP contribution >= 0.6 is 0 Å². The van der Waals surface area contributed by atoms with E-state index in [1.165, 1.54) is 42.5 Å². The Morgan fingerprint density at radius 2 is 1.74 bits per heavy atom. The van der Waals surface area contributed by atoms with Gasteiger partial charge in [0.15, 0.2) is 11.5 Å². The number of hydrazone groups is 1. The second-order valence-electron chi connectivity index (χ2n) is 5.33. The number of carbonyl (C=O) groups is 3. The predicted octanol–water partition coefficient (Wildman–Crippen LogP) is 1.69. The van der Waals surface area contributed by atoms with Crippen LogP contribution in [0.2, 0.25) is 0 Å². The summed E-state index contributed by atoms with van der Waals surface area (Å²) < 4.78 is 0. The van der Waals surface area contributed by atoms with Gasteiger partial charge in [0, 0.05) is 30.3 Å². The third kappa shape index (κ3) is 5.19. The average Bonchev–Trinajstić information content (AvgIpc) is 2.62. The Bertz CT molecular complexity index is 937. The molecule has 0 aliphatic rings. The first kappa shape index (κ1) is 19.2. The number of anilines is 2. The number of ketones is 1. The molecule has 10 nitrogen and oxygen atoms in total. The number of rotatable bonds is 7. The van der Waals surface area contributed by atoms with Crippen molar-refractivity contribution in [3.63, 3.8) is 0 Å². The maximum atomic E-state index is 12.3. The zero-order valence-electron chi connectivity index (χ0n) is 14.1. The van der Waals surface area contributed by atoms with Gasteiger partial charge in [0.2, 0.25) is 5.91 Å². The molecule has 0 atom stereocenters. The Morgan fingerprint density at radius 3 is 2.30 bits per heavy atom. The monoisotopic (exact) mass is 369 g/mol. The lowest BCUT2D eigenvalue weighted by Crippen LogP contribution is -2.29. The summed E-state index contributed by atoms with van der Waals surface area (Å²) in [7, 11) is 0. The molecule has 0 aromatic heterocycles. The molecular formula is C17H15N5O5. The summed E-state index contributed by atoms with van der Waals surface area (Å²) >= 11 is 0. The van der Waals surface area contributed by atoms with Crippen molar-refractivity contribution in [3.05, 3.63) is 64.2 Å². The number of hydrogen-bond acceptors (Lipinski definition) is 7. The highest BCUT2D eigenvalue weighted by molar-refractivity contribution is 6.67. The molecule has 0 saturated carbocycles. The van der Waals surface area contributed by atoms with E-state index in [0.717, 1.165) is 13.0 Å². The largest absolute Gasteiger partial charge is 0.366 e. The topological polar surface area (TPSA) is 157 Å². The lowest BCUT2D eigenvalue weighted by atomic mass is 10.2. The van der Waals surface area contributed by atoms with Gasteiger partial charge in [-0.15, -0.1) is 0 Å². The SMILES string of the molecule is CC(=O)/C(=N/Nc1ccc(C(N)=O)cc1)C(=O)Nc1cccc([N+](=O)[O-])c1. The van der Waals surface area contributed by atoms with Gasteiger partial charge in [-0.05, 0) is 30.3 Å². The van der Waals surface area contributed by atoms with E-state index in [1.54, 1.807) is 0 Å². The van der Waals surface area contributed by atoms with Crippen molar-refractivity contribution in [2.24, 2.45) is 10.8 Å². The third-order valence-corrected chi connectivity index (χ3v) is 3.33. The third-order valence-electron chi connectivity index (χ3n) is 3.33. The van der Waals surface area contributed by atoms with E-state index in [2.05, 4.69) is 15.8 Å². The molecule has 0 aliphatic carbocycles. The first-order valence-corrected chi connectivity index (χ1v) is 7.58. The molecule has 0 unspecified atom stereocenters. The number of amides is 2. The van der Waals surface area contributed by atoms with E-state index < -0.39 is 28.2 Å². The van der Waals surface area contributed by atoms with Crippen LogP contribution < -0.4 is 16.5 Å². The summed E-state index contributed by atoms with van der Waals surface area (Å²) in [6, 6.07) is 11.2. The van der Waals surface area contributed by atoms with Crippen molar-refractivity contribution in [3.8, 4) is 0 Å². The molecule has 2 aromatic carbocycles. The van der Waals surface area contributed by atoms with E-state index in [0.29, 0.717) is 11.3 Å². The van der Waals surface area contributed by atoms with E-state index in [4.69, 9.17) is 5.73 Å². The second kappa shape index (κ2) is 8.34. The molecule has 0 bridgehead atoms. The molecule has 0 radical (unpaired) electrons. The van der Waals surface area contributed by atoms with Crippen molar-refractivity contribution < 1.29 is 19.3 Å². The highest BCUT2D eigenvalue weighted by Gasteiger charge is 2.18. The highest BCUT2D eigenvalue weighted by Crippen LogP contribution is 2.17. The summed E-state index contributed by atoms with van der Waals surface area (Å²) in [5.74, 6) is -2.03. The Balaban J connectivity index is 2.15. The first-order chi connectivity index (χ1) is 12.8. The van der Waals surface area contributed by atoms with Gasteiger partial charge < -0.3 is 11.1 Å². The second-order valence-corrected chi connectivity index (χ2v) is 5.33. The normalized spacial score (nSPS) is 10.8. The van der Waals surface area contributed by atoms with Crippen LogP contribution in [0.1, 0.15) is 17.3 Å². The number of primary amides is 1. The number of nitro groups is 1. The fraction of sp³-hybridized carbons (Fsp3) is 0.0588. The van der Waals surface area contributed by atoms with Crippen LogP contribution in [0.3, 0.4) is 0 Å². The molecule has 0 spiro atoms. The summed E-state index contributed by atoms with van der Waals surface area (Å²) in [5.41, 5.74) is 7.90. The van der Waals surface area contributed by atoms with Crippen LogP contribution in [0.15, 0.2) is 53.6 Å². The zero-order chi connectivity index (χ0) is 20.0. The molecule has 0 aliphatic heterocycles. The summed E-state index contributed by atoms with van der Waals surface area (Å²) in [5, 5.41) is 16.9. The van der Waals surface area contributed by atoms with Crippen LogP contribution in [0.25, 0.3) is 0 Å². The molecule has 27 heavy (non-hydrogen) atoms. The summed E-state index contributed by atoms with van der Waals surface area (Å²) in [4.78, 5) is 45.2. The minimum absolute atomic E-state index is 0.147. The maximum Gasteiger partial charge on any atom is 0.279 e. The van der Waals surface area contributed by atoms with E-state index >= 15 is 0 Å². The van der Waals surface area contributed by atoms with Crippen molar-refractivity contribution >= 4 is 40.4 Å². The smallest absolute Gasteiger partial charge is 0.279 e. The predicted molar refractivity (Wildman–Crippen MR) is 98.4 cm³/mol. The molecule has 138 valence electrons. The number of non-ortho nitro benzene ring substituents is 1. The van der Waals surface area contributed by atoms with Gasteiger partial charge in [-0.25, -0.2) is 0 Å². The lowest BCUT2D eigenvalue weighted by molar-refractivity contribution is -0.384. The lowest BCUT2D eigenvalue weighted by Gasteiger charge is -2.07. The fourth-order valence-electron chi connectivity index (χ4n) is 2.01. The standard InChI is InChI=1S/C17H15N5O5/c1-10(23)15(21-20-12-7-5-11(6-8-12)16(18)24)17(25)19-13-3-2-4-14(9-13)22(26)27/h2-9,20H,1H3,(H2,18,24)(H,19,25)/b21-15-. The van der Waals surface area contributed by atoms with Crippen LogP contribution in [-0.2, 0) is 9.59 Å². The molecule has 4 N–H and O–H groups in total. The number of hydrogen-bond donors (Lipinski definition) is 3. The van der Waals surface area contributed by atoms with Gasteiger partial charge in [0.05, 0.1) is 10.6 Å². The van der Waals surface area contributed by atoms with Crippen molar-refractivity contribution in [2.75, 3.05) is 10.7 Å². The quantitative estimate of drug-likeness (QED) is 0.292. The van der Waals surface area contributed by atoms with E-state index in [9.17, 15) is 24.5 Å². The van der Waals surface area contributed by atoms with Gasteiger partial charge in [-0.2, -0.15) is 5.10 Å². The average molecular weight is 369 g/mol. The van der Waals surface area contributed by atoms with E-state index in [1.807, 2.05) is 0 Å². The zero-order valence-corrected chi connectivity index (χ0v) is 14.1. The Hall–Kier alpha value is -4.08. The molecule has 10 heteroatoms. The molecule has 0 saturated heterocycles. The number of nitro benzene ring substituents is 1. The molecule has 0 heterocycles. The molecule has 0 fully saturated rings. The van der Waals surface area contributed by atoms with Crippen LogP contribution in [0, 0.1) is 10.1 Å². The van der Waals surface area contributed by atoms with Crippen LogP contribution in [0.5, 0.6) is 0 Å². The van der Waals surface area contributed by atoms with Crippen LogP contribution in [-0.4, -0.2) is 28.2 Å².